The first-order chi connectivity index (χ1) is 8.37. The predicted octanol–water partition coefficient (Wildman–Crippen LogP) is -0.0304. The average Bonchev–Trinajstić information content (AvgIpc) is 2.81. The zero-order chi connectivity index (χ0) is 13.6. The van der Waals surface area contributed by atoms with Gasteiger partial charge >= 0.3 is 0 Å². The Balaban J connectivity index is 2.13. The average molecular weight is 256 g/mol. The molecule has 3 atom stereocenters. The molecule has 18 heavy (non-hydrogen) atoms. The third-order valence-corrected chi connectivity index (χ3v) is 4.81. The molecule has 104 valence electrons. The second kappa shape index (κ2) is 4.47. The molecule has 0 aromatic heterocycles. The summed E-state index contributed by atoms with van der Waals surface area (Å²) in [7, 11) is 1.76. The standard InChI is InChI=1S/C13H24N2O3/c1-12(2)10-9(5-8-18-10)13(12,14)11(17)15(3)6-4-7-16/h9-10,16H,4-8,14H2,1-3H3. The molecule has 0 spiro atoms. The number of hydrogen-bond acceptors (Lipinski definition) is 4. The fourth-order valence-electron chi connectivity index (χ4n) is 3.54. The van der Waals surface area contributed by atoms with Crippen LogP contribution in [-0.2, 0) is 9.53 Å². The molecule has 0 aromatic carbocycles. The summed E-state index contributed by atoms with van der Waals surface area (Å²) in [5.74, 6) is 0.115. The van der Waals surface area contributed by atoms with Crippen molar-refractivity contribution in [1.82, 2.24) is 4.90 Å². The summed E-state index contributed by atoms with van der Waals surface area (Å²) in [6.45, 7) is 5.36. The van der Waals surface area contributed by atoms with Crippen molar-refractivity contribution in [2.24, 2.45) is 17.1 Å². The Hall–Kier alpha value is -0.650. The first-order valence-electron chi connectivity index (χ1n) is 6.64. The van der Waals surface area contributed by atoms with Gasteiger partial charge in [0.2, 0.25) is 5.91 Å². The van der Waals surface area contributed by atoms with Crippen molar-refractivity contribution in [3.8, 4) is 0 Å². The normalized spacial score (nSPS) is 36.9. The van der Waals surface area contributed by atoms with Crippen LogP contribution in [0.3, 0.4) is 0 Å². The first-order valence-corrected chi connectivity index (χ1v) is 6.64. The largest absolute Gasteiger partial charge is 0.396 e. The molecule has 2 aliphatic rings. The third kappa shape index (κ3) is 1.61. The van der Waals surface area contributed by atoms with Gasteiger partial charge in [-0.3, -0.25) is 4.79 Å². The minimum atomic E-state index is -0.821. The van der Waals surface area contributed by atoms with Gasteiger partial charge in [-0.1, -0.05) is 13.8 Å². The fraction of sp³-hybridized carbons (Fsp3) is 0.923. The Kier molecular flexibility index (Phi) is 3.42. The zero-order valence-corrected chi connectivity index (χ0v) is 11.5. The highest BCUT2D eigenvalue weighted by molar-refractivity contribution is 5.89. The molecule has 1 aliphatic heterocycles. The Labute approximate surface area is 108 Å². The second-order valence-corrected chi connectivity index (χ2v) is 6.08. The van der Waals surface area contributed by atoms with E-state index in [4.69, 9.17) is 15.6 Å². The molecule has 1 amide bonds. The van der Waals surface area contributed by atoms with Crippen LogP contribution >= 0.6 is 0 Å². The highest BCUT2D eigenvalue weighted by Crippen LogP contribution is 2.58. The number of hydrogen-bond donors (Lipinski definition) is 2. The Morgan fingerprint density at radius 3 is 2.83 bits per heavy atom. The van der Waals surface area contributed by atoms with Crippen LogP contribution in [0, 0.1) is 11.3 Å². The molecule has 2 rings (SSSR count). The van der Waals surface area contributed by atoms with Crippen LogP contribution in [0.15, 0.2) is 0 Å². The number of likely N-dealkylation sites (N-methyl/N-ethyl adjacent to an activating group) is 1. The summed E-state index contributed by atoms with van der Waals surface area (Å²) in [6.07, 6.45) is 1.56. The molecular weight excluding hydrogens is 232 g/mol. The van der Waals surface area contributed by atoms with E-state index in [1.54, 1.807) is 11.9 Å². The van der Waals surface area contributed by atoms with Gasteiger partial charge in [0, 0.05) is 38.1 Å². The number of fused-ring (bicyclic) bond motifs is 1. The summed E-state index contributed by atoms with van der Waals surface area (Å²) in [5.41, 5.74) is 5.31. The van der Waals surface area contributed by atoms with Gasteiger partial charge in [-0.2, -0.15) is 0 Å². The molecule has 1 heterocycles. The lowest BCUT2D eigenvalue weighted by atomic mass is 9.47. The Bertz CT molecular complexity index is 345. The molecule has 3 unspecified atom stereocenters. The van der Waals surface area contributed by atoms with Crippen LogP contribution in [-0.4, -0.2) is 54.4 Å². The van der Waals surface area contributed by atoms with E-state index in [9.17, 15) is 4.79 Å². The van der Waals surface area contributed by atoms with E-state index in [0.717, 1.165) is 6.42 Å². The Morgan fingerprint density at radius 2 is 2.22 bits per heavy atom. The predicted molar refractivity (Wildman–Crippen MR) is 67.9 cm³/mol. The smallest absolute Gasteiger partial charge is 0.243 e. The van der Waals surface area contributed by atoms with Crippen molar-refractivity contribution < 1.29 is 14.6 Å². The number of aliphatic hydroxyl groups excluding tert-OH is 1. The van der Waals surface area contributed by atoms with E-state index >= 15 is 0 Å². The number of carbonyl (C=O) groups excluding carboxylic acids is 1. The van der Waals surface area contributed by atoms with Crippen LogP contribution in [0.25, 0.3) is 0 Å². The van der Waals surface area contributed by atoms with Gasteiger partial charge in [0.15, 0.2) is 0 Å². The molecular formula is C13H24N2O3. The van der Waals surface area contributed by atoms with E-state index in [-0.39, 0.29) is 30.0 Å². The highest BCUT2D eigenvalue weighted by Gasteiger charge is 2.71. The quantitative estimate of drug-likeness (QED) is 0.740. The van der Waals surface area contributed by atoms with Crippen LogP contribution in [0.1, 0.15) is 26.7 Å². The lowest BCUT2D eigenvalue weighted by Gasteiger charge is -2.61. The maximum Gasteiger partial charge on any atom is 0.243 e. The molecule has 3 N–H and O–H groups in total. The van der Waals surface area contributed by atoms with E-state index in [1.165, 1.54) is 0 Å². The van der Waals surface area contributed by atoms with E-state index in [0.29, 0.717) is 19.6 Å². The van der Waals surface area contributed by atoms with Gasteiger partial charge in [-0.25, -0.2) is 0 Å². The SMILES string of the molecule is CN(CCCO)C(=O)C1(N)C2CCOC2C1(C)C. The number of nitrogens with two attached hydrogens (primary N) is 1. The zero-order valence-electron chi connectivity index (χ0n) is 11.5. The number of rotatable bonds is 4. The van der Waals surface area contributed by atoms with Gasteiger partial charge < -0.3 is 20.5 Å². The minimum absolute atomic E-state index is 0.0206. The summed E-state index contributed by atoms with van der Waals surface area (Å²) in [6, 6.07) is 0. The minimum Gasteiger partial charge on any atom is -0.396 e. The van der Waals surface area contributed by atoms with Gasteiger partial charge in [0.25, 0.3) is 0 Å². The summed E-state index contributed by atoms with van der Waals surface area (Å²) < 4.78 is 5.68. The van der Waals surface area contributed by atoms with Crippen LogP contribution in [0.2, 0.25) is 0 Å². The summed E-state index contributed by atoms with van der Waals surface area (Å²) in [4.78, 5) is 14.2. The molecule has 0 bridgehead atoms. The van der Waals surface area contributed by atoms with Crippen molar-refractivity contribution in [3.05, 3.63) is 0 Å². The van der Waals surface area contributed by atoms with E-state index in [2.05, 4.69) is 0 Å². The molecule has 0 radical (unpaired) electrons. The second-order valence-electron chi connectivity index (χ2n) is 6.08. The fourth-order valence-corrected chi connectivity index (χ4v) is 3.54. The van der Waals surface area contributed by atoms with Gasteiger partial charge in [-0.15, -0.1) is 0 Å². The Morgan fingerprint density at radius 1 is 1.56 bits per heavy atom. The van der Waals surface area contributed by atoms with Crippen molar-refractivity contribution in [1.29, 1.82) is 0 Å². The van der Waals surface area contributed by atoms with Crippen LogP contribution < -0.4 is 5.73 Å². The number of amides is 1. The number of carbonyl (C=O) groups is 1. The first kappa shape index (κ1) is 13.8. The molecule has 0 aromatic rings. The maximum absolute atomic E-state index is 12.6. The monoisotopic (exact) mass is 256 g/mol. The van der Waals surface area contributed by atoms with Gasteiger partial charge in [0.1, 0.15) is 5.54 Å². The third-order valence-electron chi connectivity index (χ3n) is 4.81. The van der Waals surface area contributed by atoms with Crippen molar-refractivity contribution in [3.63, 3.8) is 0 Å². The van der Waals surface area contributed by atoms with Crippen LogP contribution in [0.5, 0.6) is 0 Å². The number of aliphatic hydroxyl groups is 1. The number of nitrogens with zero attached hydrogens (tertiary/aromatic N) is 1. The molecule has 1 saturated carbocycles. The molecule has 5 nitrogen and oxygen atoms in total. The number of ether oxygens (including phenoxy) is 1. The lowest BCUT2D eigenvalue weighted by molar-refractivity contribution is -0.183. The van der Waals surface area contributed by atoms with Crippen molar-refractivity contribution >= 4 is 5.91 Å². The van der Waals surface area contributed by atoms with E-state index in [1.807, 2.05) is 13.8 Å². The topological polar surface area (TPSA) is 75.8 Å². The van der Waals surface area contributed by atoms with Gasteiger partial charge in [-0.05, 0) is 12.8 Å². The molecule has 1 saturated heterocycles. The molecule has 1 aliphatic carbocycles. The van der Waals surface area contributed by atoms with E-state index < -0.39 is 5.54 Å². The molecule has 5 heteroatoms. The van der Waals surface area contributed by atoms with Crippen molar-refractivity contribution in [2.45, 2.75) is 38.3 Å². The summed E-state index contributed by atoms with van der Waals surface area (Å²) in [5, 5.41) is 8.83. The summed E-state index contributed by atoms with van der Waals surface area (Å²) >= 11 is 0. The van der Waals surface area contributed by atoms with Crippen LogP contribution in [0.4, 0.5) is 0 Å². The molecule has 2 fully saturated rings. The lowest BCUT2D eigenvalue weighted by Crippen LogP contribution is -2.80. The van der Waals surface area contributed by atoms with Crippen molar-refractivity contribution in [2.75, 3.05) is 26.8 Å². The maximum atomic E-state index is 12.6. The highest BCUT2D eigenvalue weighted by atomic mass is 16.5. The van der Waals surface area contributed by atoms with Gasteiger partial charge in [0.05, 0.1) is 6.10 Å².